The molecule has 1 atom stereocenters. The minimum absolute atomic E-state index is 0. The van der Waals surface area contributed by atoms with Gasteiger partial charge in [-0.2, -0.15) is 0 Å². The molecule has 0 radical (unpaired) electrons. The van der Waals surface area contributed by atoms with Crippen molar-refractivity contribution in [3.05, 3.63) is 0 Å². The molecular weight excluding hydrogens is 208 g/mol. The summed E-state index contributed by atoms with van der Waals surface area (Å²) in [7, 11) is 0. The molecule has 1 unspecified atom stereocenters. The van der Waals surface area contributed by atoms with E-state index in [-0.39, 0.29) is 31.0 Å². The second-order valence-electron chi connectivity index (χ2n) is 1.73. The molecule has 0 aromatic heterocycles. The number of carboxylic acids is 1. The van der Waals surface area contributed by atoms with Gasteiger partial charge in [-0.3, -0.25) is 0 Å². The zero-order valence-electron chi connectivity index (χ0n) is 7.33. The molecule has 0 spiro atoms. The molecule has 0 rings (SSSR count). The molecule has 10 heavy (non-hydrogen) atoms. The van der Waals surface area contributed by atoms with Gasteiger partial charge in [0.25, 0.3) is 0 Å². The first-order valence-electron chi connectivity index (χ1n) is 2.65. The van der Waals surface area contributed by atoms with Crippen LogP contribution in [0.1, 0.15) is 7.85 Å². The molecule has 5 heteroatoms. The normalized spacial score (nSPS) is 11.8. The minimum atomic E-state index is -0.890. The smallest absolute Gasteiger partial charge is 1.00 e. The first-order valence-corrected chi connectivity index (χ1v) is 5.58. The Balaban J connectivity index is -0.000000320. The van der Waals surface area contributed by atoms with Crippen molar-refractivity contribution < 1.29 is 40.9 Å². The summed E-state index contributed by atoms with van der Waals surface area (Å²) < 4.78 is 0. The van der Waals surface area contributed by atoms with Crippen LogP contribution in [-0.2, 0) is 4.79 Å². The van der Waals surface area contributed by atoms with Crippen LogP contribution >= 0.6 is 0 Å². The van der Waals surface area contributed by atoms with Crippen molar-refractivity contribution in [3.8, 4) is 0 Å². The van der Waals surface area contributed by atoms with E-state index in [4.69, 9.17) is 10.8 Å². The maximum atomic E-state index is 10.1. The summed E-state index contributed by atoms with van der Waals surface area (Å²) in [6.07, 6.45) is 0.617. The number of hydrogen-bond donors (Lipinski definition) is 2. The molecule has 0 bridgehead atoms. The Morgan fingerprint density at radius 1 is 1.90 bits per heavy atom. The monoisotopic (exact) mass is 221 g/mol. The second-order valence-corrected chi connectivity index (χ2v) is 3.79. The number of rotatable bonds is 4. The van der Waals surface area contributed by atoms with E-state index in [1.165, 1.54) is 0 Å². The van der Waals surface area contributed by atoms with E-state index >= 15 is 0 Å². The molecule has 0 aromatic rings. The Kier molecular flexibility index (Phi) is 10.9. The molecule has 56 valence electrons. The van der Waals surface area contributed by atoms with Gasteiger partial charge in [-0.15, -0.1) is 0 Å². The quantitative estimate of drug-likeness (QED) is 0.499. The van der Waals surface area contributed by atoms with Gasteiger partial charge in [-0.1, -0.05) is 0 Å². The van der Waals surface area contributed by atoms with Crippen molar-refractivity contribution in [2.75, 3.05) is 0 Å². The van der Waals surface area contributed by atoms with E-state index in [2.05, 4.69) is 5.82 Å². The Morgan fingerprint density at radius 3 is 2.70 bits per heavy atom. The van der Waals surface area contributed by atoms with E-state index in [9.17, 15) is 4.79 Å². The van der Waals surface area contributed by atoms with Crippen molar-refractivity contribution in [1.29, 1.82) is 0 Å². The summed E-state index contributed by atoms with van der Waals surface area (Å²) in [5.41, 5.74) is 5.21. The molecule has 0 saturated carbocycles. The predicted molar refractivity (Wildman–Crippen MR) is 37.8 cm³/mol. The number of hydrogen-bond acceptors (Lipinski definition) is 2. The number of carbonyl (C=O) groups is 1. The minimum Gasteiger partial charge on any atom is -1.00 e. The van der Waals surface area contributed by atoms with Gasteiger partial charge in [0, 0.05) is 0 Å². The standard InChI is InChI=1S/C5H11NO2Se.Na.H/c1-9-3-2-4(6)5(7)8;;/h4H,2-3,6H2,1H3,(H,7,8);;/q;+1;-1. The van der Waals surface area contributed by atoms with E-state index in [1.807, 2.05) is 0 Å². The van der Waals surface area contributed by atoms with E-state index in [0.29, 0.717) is 21.4 Å². The summed E-state index contributed by atoms with van der Waals surface area (Å²) >= 11 is 0.549. The van der Waals surface area contributed by atoms with Gasteiger partial charge in [0.05, 0.1) is 0 Å². The van der Waals surface area contributed by atoms with Gasteiger partial charge in [-0.05, 0) is 0 Å². The fourth-order valence-corrected chi connectivity index (χ4v) is 1.40. The van der Waals surface area contributed by atoms with Crippen LogP contribution in [-0.4, -0.2) is 32.1 Å². The Hall–Kier alpha value is 0.949. The van der Waals surface area contributed by atoms with Crippen LogP contribution in [0.25, 0.3) is 0 Å². The third-order valence-corrected chi connectivity index (χ3v) is 2.30. The van der Waals surface area contributed by atoms with Gasteiger partial charge < -0.3 is 1.43 Å². The number of carboxylic acid groups (broad SMARTS) is 1. The maximum absolute atomic E-state index is 10.1. The average molecular weight is 220 g/mol. The molecule has 0 aromatic carbocycles. The van der Waals surface area contributed by atoms with Crippen LogP contribution in [0.4, 0.5) is 0 Å². The second kappa shape index (κ2) is 8.05. The summed E-state index contributed by atoms with van der Waals surface area (Å²) in [6, 6.07) is -0.646. The van der Waals surface area contributed by atoms with Crippen LogP contribution < -0.4 is 35.3 Å². The van der Waals surface area contributed by atoms with Crippen LogP contribution in [0, 0.1) is 0 Å². The summed E-state index contributed by atoms with van der Waals surface area (Å²) in [4.78, 5) is 10.1. The zero-order valence-corrected chi connectivity index (χ0v) is 10.0. The molecule has 0 aliphatic heterocycles. The molecule has 0 fully saturated rings. The first-order chi connectivity index (χ1) is 4.18. The molecule has 0 saturated heterocycles. The third kappa shape index (κ3) is 7.06. The maximum Gasteiger partial charge on any atom is 1.00 e. The van der Waals surface area contributed by atoms with Crippen molar-refractivity contribution in [2.45, 2.75) is 23.6 Å². The fourth-order valence-electron chi connectivity index (χ4n) is 0.368. The van der Waals surface area contributed by atoms with Gasteiger partial charge in [0.1, 0.15) is 0 Å². The van der Waals surface area contributed by atoms with Crippen molar-refractivity contribution in [2.24, 2.45) is 5.73 Å². The van der Waals surface area contributed by atoms with Gasteiger partial charge in [0.2, 0.25) is 0 Å². The van der Waals surface area contributed by atoms with Gasteiger partial charge in [0.15, 0.2) is 0 Å². The molecule has 0 aliphatic carbocycles. The third-order valence-electron chi connectivity index (χ3n) is 0.950. The predicted octanol–water partition coefficient (Wildman–Crippen LogP) is -2.92. The van der Waals surface area contributed by atoms with Crippen LogP contribution in [0.3, 0.4) is 0 Å². The number of aliphatic carboxylic acids is 1. The van der Waals surface area contributed by atoms with Crippen LogP contribution in [0.2, 0.25) is 11.1 Å². The van der Waals surface area contributed by atoms with Crippen LogP contribution in [0.15, 0.2) is 0 Å². The van der Waals surface area contributed by atoms with Crippen molar-refractivity contribution in [3.63, 3.8) is 0 Å². The molecular formula is C5H12NNaO2Se. The molecule has 3 N–H and O–H groups in total. The summed E-state index contributed by atoms with van der Waals surface area (Å²) in [5.74, 6) is 1.18. The van der Waals surface area contributed by atoms with Gasteiger partial charge in [-0.25, -0.2) is 0 Å². The van der Waals surface area contributed by atoms with E-state index in [1.54, 1.807) is 0 Å². The number of nitrogens with two attached hydrogens (primary N) is 1. The van der Waals surface area contributed by atoms with Crippen LogP contribution in [0.5, 0.6) is 0 Å². The molecule has 0 heterocycles. The first kappa shape index (κ1) is 13.5. The van der Waals surface area contributed by atoms with Gasteiger partial charge >= 0.3 is 89.7 Å². The Bertz CT molecular complexity index is 106. The Morgan fingerprint density at radius 2 is 2.40 bits per heavy atom. The molecule has 0 aliphatic rings. The largest absolute Gasteiger partial charge is 1.00 e. The fraction of sp³-hybridized carbons (Fsp3) is 0.800. The Labute approximate surface area is 90.7 Å². The van der Waals surface area contributed by atoms with Crippen molar-refractivity contribution in [1.82, 2.24) is 0 Å². The summed E-state index contributed by atoms with van der Waals surface area (Å²) in [6.45, 7) is 0. The SMILES string of the molecule is C[Se]CCC(N)C(=O)O.[H-].[Na+]. The average Bonchev–Trinajstić information content (AvgIpc) is 1.82. The molecule has 3 nitrogen and oxygen atoms in total. The van der Waals surface area contributed by atoms with E-state index < -0.39 is 12.0 Å². The summed E-state index contributed by atoms with van der Waals surface area (Å²) in [5, 5.41) is 9.25. The topological polar surface area (TPSA) is 63.3 Å². The van der Waals surface area contributed by atoms with E-state index in [0.717, 1.165) is 5.32 Å². The zero-order chi connectivity index (χ0) is 7.28. The van der Waals surface area contributed by atoms with Crippen molar-refractivity contribution >= 4 is 20.9 Å². The molecule has 0 amide bonds.